The van der Waals surface area contributed by atoms with E-state index in [2.05, 4.69) is 30.5 Å². The molecule has 1 aliphatic rings. The molecule has 0 atom stereocenters. The van der Waals surface area contributed by atoms with E-state index in [1.807, 2.05) is 30.4 Å². The Hall–Kier alpha value is -0.970. The number of aliphatic imine (C=N–C) groups is 1. The standard InChI is InChI=1S/C14H24N4S/c1-5-14(6-2)9-16-13(19-10-14)15-7-12-8-18(4)17-11(12)3/h8H,5-7,9-10H2,1-4H3,(H,15,16). The minimum absolute atomic E-state index is 0.417. The summed E-state index contributed by atoms with van der Waals surface area (Å²) in [6.45, 7) is 8.37. The predicted octanol–water partition coefficient (Wildman–Crippen LogP) is 2.73. The zero-order valence-electron chi connectivity index (χ0n) is 12.4. The highest BCUT2D eigenvalue weighted by Crippen LogP contribution is 2.34. The number of amidine groups is 1. The van der Waals surface area contributed by atoms with Crippen LogP contribution in [0.15, 0.2) is 11.2 Å². The van der Waals surface area contributed by atoms with Gasteiger partial charge in [0, 0.05) is 37.7 Å². The third-order valence-electron chi connectivity index (χ3n) is 4.12. The highest BCUT2D eigenvalue weighted by Gasteiger charge is 2.29. The van der Waals surface area contributed by atoms with Crippen LogP contribution in [0.1, 0.15) is 37.9 Å². The van der Waals surface area contributed by atoms with Gasteiger partial charge in [0.1, 0.15) is 0 Å². The van der Waals surface area contributed by atoms with Gasteiger partial charge in [-0.15, -0.1) is 0 Å². The topological polar surface area (TPSA) is 42.2 Å². The zero-order chi connectivity index (χ0) is 13.9. The van der Waals surface area contributed by atoms with Crippen LogP contribution in [0.5, 0.6) is 0 Å². The average molecular weight is 280 g/mol. The smallest absolute Gasteiger partial charge is 0.156 e. The van der Waals surface area contributed by atoms with Crippen LogP contribution in [0.25, 0.3) is 0 Å². The molecule has 1 N–H and O–H groups in total. The first-order chi connectivity index (χ1) is 9.08. The molecule has 0 bridgehead atoms. The third kappa shape index (κ3) is 3.32. The average Bonchev–Trinajstić information content (AvgIpc) is 2.75. The number of rotatable bonds is 4. The van der Waals surface area contributed by atoms with E-state index in [1.54, 1.807) is 0 Å². The van der Waals surface area contributed by atoms with E-state index >= 15 is 0 Å². The first-order valence-corrected chi connectivity index (χ1v) is 7.97. The first-order valence-electron chi connectivity index (χ1n) is 6.99. The fourth-order valence-corrected chi connectivity index (χ4v) is 3.60. The predicted molar refractivity (Wildman–Crippen MR) is 82.6 cm³/mol. The third-order valence-corrected chi connectivity index (χ3v) is 5.42. The first kappa shape index (κ1) is 14.4. The van der Waals surface area contributed by atoms with E-state index in [1.165, 1.54) is 24.2 Å². The molecule has 106 valence electrons. The molecule has 0 saturated carbocycles. The van der Waals surface area contributed by atoms with Gasteiger partial charge in [0.05, 0.1) is 5.69 Å². The van der Waals surface area contributed by atoms with Crippen LogP contribution in [0, 0.1) is 12.3 Å². The second-order valence-electron chi connectivity index (χ2n) is 5.38. The van der Waals surface area contributed by atoms with E-state index in [9.17, 15) is 0 Å². The Morgan fingerprint density at radius 3 is 2.63 bits per heavy atom. The molecule has 4 nitrogen and oxygen atoms in total. The number of hydrogen-bond acceptors (Lipinski definition) is 4. The molecular weight excluding hydrogens is 256 g/mol. The van der Waals surface area contributed by atoms with Gasteiger partial charge in [-0.3, -0.25) is 9.67 Å². The Bertz CT molecular complexity index is 460. The maximum absolute atomic E-state index is 4.72. The maximum Gasteiger partial charge on any atom is 0.156 e. The lowest BCUT2D eigenvalue weighted by Crippen LogP contribution is -2.34. The number of nitrogens with one attached hydrogen (secondary N) is 1. The Morgan fingerprint density at radius 1 is 1.42 bits per heavy atom. The molecular formula is C14H24N4S. The van der Waals surface area contributed by atoms with Crippen LogP contribution in [-0.4, -0.2) is 27.2 Å². The van der Waals surface area contributed by atoms with Crippen molar-refractivity contribution in [1.82, 2.24) is 15.1 Å². The number of aromatic nitrogens is 2. The molecule has 1 aromatic rings. The van der Waals surface area contributed by atoms with E-state index in [-0.39, 0.29) is 0 Å². The van der Waals surface area contributed by atoms with E-state index in [0.29, 0.717) is 5.41 Å². The summed E-state index contributed by atoms with van der Waals surface area (Å²) in [4.78, 5) is 4.72. The summed E-state index contributed by atoms with van der Waals surface area (Å²) < 4.78 is 1.86. The van der Waals surface area contributed by atoms with Gasteiger partial charge in [0.25, 0.3) is 0 Å². The SMILES string of the molecule is CCC1(CC)CN=C(NCc2cn(C)nc2C)SC1. The molecule has 0 unspecified atom stereocenters. The summed E-state index contributed by atoms with van der Waals surface area (Å²) in [5, 5.41) is 8.88. The highest BCUT2D eigenvalue weighted by atomic mass is 32.2. The molecule has 0 fully saturated rings. The van der Waals surface area contributed by atoms with Gasteiger partial charge in [0.15, 0.2) is 5.17 Å². The van der Waals surface area contributed by atoms with Crippen LogP contribution in [-0.2, 0) is 13.6 Å². The van der Waals surface area contributed by atoms with Crippen molar-refractivity contribution >= 4 is 16.9 Å². The molecule has 0 aromatic carbocycles. The molecule has 2 rings (SSSR count). The van der Waals surface area contributed by atoms with Crippen molar-refractivity contribution in [2.75, 3.05) is 12.3 Å². The van der Waals surface area contributed by atoms with Gasteiger partial charge < -0.3 is 5.32 Å². The Kier molecular flexibility index (Phi) is 4.55. The van der Waals surface area contributed by atoms with Crippen molar-refractivity contribution in [3.63, 3.8) is 0 Å². The summed E-state index contributed by atoms with van der Waals surface area (Å²) in [5.41, 5.74) is 2.75. The molecule has 5 heteroatoms. The second kappa shape index (κ2) is 5.99. The van der Waals surface area contributed by atoms with Crippen molar-refractivity contribution in [1.29, 1.82) is 0 Å². The molecule has 1 aromatic heterocycles. The lowest BCUT2D eigenvalue weighted by atomic mass is 9.84. The molecule has 2 heterocycles. The van der Waals surface area contributed by atoms with Crippen LogP contribution < -0.4 is 5.32 Å². The van der Waals surface area contributed by atoms with Crippen molar-refractivity contribution < 1.29 is 0 Å². The van der Waals surface area contributed by atoms with Crippen LogP contribution >= 0.6 is 11.8 Å². The van der Waals surface area contributed by atoms with Gasteiger partial charge in [-0.1, -0.05) is 25.6 Å². The summed E-state index contributed by atoms with van der Waals surface area (Å²) in [7, 11) is 1.96. The number of hydrogen-bond donors (Lipinski definition) is 1. The molecule has 0 radical (unpaired) electrons. The van der Waals surface area contributed by atoms with Crippen molar-refractivity contribution in [3.8, 4) is 0 Å². The van der Waals surface area contributed by atoms with Crippen LogP contribution in [0.3, 0.4) is 0 Å². The fourth-order valence-electron chi connectivity index (χ4n) is 2.33. The quantitative estimate of drug-likeness (QED) is 0.922. The molecule has 1 aliphatic heterocycles. The minimum Gasteiger partial charge on any atom is -0.361 e. The van der Waals surface area contributed by atoms with Crippen LogP contribution in [0.2, 0.25) is 0 Å². The Morgan fingerprint density at radius 2 is 2.16 bits per heavy atom. The molecule has 0 aliphatic carbocycles. The molecule has 19 heavy (non-hydrogen) atoms. The van der Waals surface area contributed by atoms with E-state index in [4.69, 9.17) is 4.99 Å². The van der Waals surface area contributed by atoms with Gasteiger partial charge >= 0.3 is 0 Å². The number of aryl methyl sites for hydroxylation is 2. The summed E-state index contributed by atoms with van der Waals surface area (Å²) in [6.07, 6.45) is 4.50. The number of nitrogens with zero attached hydrogens (tertiary/aromatic N) is 3. The lowest BCUT2D eigenvalue weighted by Gasteiger charge is -2.33. The van der Waals surface area contributed by atoms with Gasteiger partial charge in [0.2, 0.25) is 0 Å². The van der Waals surface area contributed by atoms with Gasteiger partial charge in [-0.05, 0) is 25.2 Å². The maximum atomic E-state index is 4.72. The lowest BCUT2D eigenvalue weighted by molar-refractivity contribution is 0.318. The number of thioether (sulfide) groups is 1. The second-order valence-corrected chi connectivity index (χ2v) is 6.35. The summed E-state index contributed by atoms with van der Waals surface area (Å²) in [5.74, 6) is 1.18. The molecule has 0 amide bonds. The van der Waals surface area contributed by atoms with Gasteiger partial charge in [-0.25, -0.2) is 0 Å². The van der Waals surface area contributed by atoms with Crippen LogP contribution in [0.4, 0.5) is 0 Å². The highest BCUT2D eigenvalue weighted by molar-refractivity contribution is 8.13. The van der Waals surface area contributed by atoms with E-state index < -0.39 is 0 Å². The summed E-state index contributed by atoms with van der Waals surface area (Å²) >= 11 is 1.86. The normalized spacial score (nSPS) is 18.2. The fraction of sp³-hybridized carbons (Fsp3) is 0.714. The molecule has 0 spiro atoms. The summed E-state index contributed by atoms with van der Waals surface area (Å²) in [6, 6.07) is 0. The minimum atomic E-state index is 0.417. The van der Waals surface area contributed by atoms with Crippen molar-refractivity contribution in [2.45, 2.75) is 40.2 Å². The monoisotopic (exact) mass is 280 g/mol. The van der Waals surface area contributed by atoms with E-state index in [0.717, 1.165) is 24.0 Å². The molecule has 0 saturated heterocycles. The zero-order valence-corrected chi connectivity index (χ0v) is 13.2. The van der Waals surface area contributed by atoms with Crippen molar-refractivity contribution in [2.24, 2.45) is 17.5 Å². The largest absolute Gasteiger partial charge is 0.361 e. The Balaban J connectivity index is 1.91. The van der Waals surface area contributed by atoms with Crippen molar-refractivity contribution in [3.05, 3.63) is 17.5 Å². The Labute approximate surface area is 120 Å². The van der Waals surface area contributed by atoms with Gasteiger partial charge in [-0.2, -0.15) is 5.10 Å².